The summed E-state index contributed by atoms with van der Waals surface area (Å²) in [5, 5.41) is 0. The van der Waals surface area contributed by atoms with Gasteiger partial charge in [-0.25, -0.2) is 0 Å². The van der Waals surface area contributed by atoms with Crippen molar-refractivity contribution in [2.24, 2.45) is 11.3 Å². The van der Waals surface area contributed by atoms with Crippen molar-refractivity contribution in [3.05, 3.63) is 0 Å². The summed E-state index contributed by atoms with van der Waals surface area (Å²) in [5.74, 6) is 0.800. The molecule has 0 saturated heterocycles. The van der Waals surface area contributed by atoms with E-state index in [9.17, 15) is 4.57 Å². The van der Waals surface area contributed by atoms with E-state index in [4.69, 9.17) is 4.89 Å². The van der Waals surface area contributed by atoms with Gasteiger partial charge in [0.2, 0.25) is 0 Å². The molecule has 2 nitrogen and oxygen atoms in total. The fourth-order valence-corrected chi connectivity index (χ4v) is 5.33. The minimum Gasteiger partial charge on any atom is -0.151 e. The predicted octanol–water partition coefficient (Wildman–Crippen LogP) is 6.56. The fraction of sp³-hybridized carbons (Fsp3) is 1.00. The number of unbranched alkanes of at least 4 members (excludes halogenated alkanes) is 2. The minimum absolute atomic E-state index is 0.0285. The van der Waals surface area contributed by atoms with Crippen molar-refractivity contribution in [1.29, 1.82) is 0 Å². The summed E-state index contributed by atoms with van der Waals surface area (Å²) in [6, 6.07) is 0. The second-order valence-electron chi connectivity index (χ2n) is 7.60. The molecule has 0 aliphatic rings. The number of rotatable bonds is 10. The summed E-state index contributed by atoms with van der Waals surface area (Å²) in [5.41, 5.74) is 0.434. The maximum absolute atomic E-state index is 11.0. The van der Waals surface area contributed by atoms with Gasteiger partial charge in [-0.1, -0.05) is 60.3 Å². The molecule has 0 aliphatic heterocycles. The molecule has 0 bridgehead atoms. The Kier molecular flexibility index (Phi) is 9.63. The molecule has 0 fully saturated rings. The highest BCUT2D eigenvalue weighted by atomic mass is 32.7. The monoisotopic (exact) mass is 321 g/mol. The zero-order valence-corrected chi connectivity index (χ0v) is 15.9. The highest BCUT2D eigenvalue weighted by Gasteiger charge is 2.34. The molecule has 0 radical (unpaired) electrons. The molecule has 20 heavy (non-hydrogen) atoms. The van der Waals surface area contributed by atoms with Gasteiger partial charge in [0.25, 0.3) is 0 Å². The highest BCUT2D eigenvalue weighted by molar-refractivity contribution is 8.50. The van der Waals surface area contributed by atoms with E-state index in [1.165, 1.54) is 43.5 Å². The van der Waals surface area contributed by atoms with E-state index in [0.717, 1.165) is 18.8 Å². The van der Waals surface area contributed by atoms with Crippen LogP contribution in [-0.2, 0) is 4.57 Å². The van der Waals surface area contributed by atoms with Crippen molar-refractivity contribution in [2.45, 2.75) is 91.2 Å². The third kappa shape index (κ3) is 11.1. The van der Waals surface area contributed by atoms with Crippen LogP contribution in [0.5, 0.6) is 0 Å². The largest absolute Gasteiger partial charge is 0.583 e. The van der Waals surface area contributed by atoms with Gasteiger partial charge >= 0.3 is 7.23 Å². The van der Waals surface area contributed by atoms with Crippen molar-refractivity contribution < 1.29 is 9.46 Å². The Morgan fingerprint density at radius 2 is 1.75 bits per heavy atom. The number of hydrogen-bond acceptors (Lipinski definition) is 2. The van der Waals surface area contributed by atoms with Gasteiger partial charge in [0.05, 0.1) is 4.75 Å². The molecule has 3 atom stereocenters. The molecule has 0 amide bonds. The first kappa shape index (κ1) is 20.4. The van der Waals surface area contributed by atoms with Crippen LogP contribution in [0.4, 0.5) is 0 Å². The van der Waals surface area contributed by atoms with Gasteiger partial charge in [0.15, 0.2) is 11.4 Å². The van der Waals surface area contributed by atoms with Crippen molar-refractivity contribution in [2.75, 3.05) is 0 Å². The summed E-state index contributed by atoms with van der Waals surface area (Å²) in [4.78, 5) is 9.07. The average Bonchev–Trinajstić information content (AvgIpc) is 2.25. The normalized spacial score (nSPS) is 17.6. The Morgan fingerprint density at radius 3 is 2.20 bits per heavy atom. The van der Waals surface area contributed by atoms with Gasteiger partial charge in [0.1, 0.15) is 0 Å². The molecule has 120 valence electrons. The van der Waals surface area contributed by atoms with Crippen LogP contribution in [0, 0.1) is 11.3 Å². The first-order valence-corrected chi connectivity index (χ1v) is 10.6. The molecule has 0 aromatic rings. The van der Waals surface area contributed by atoms with E-state index < -0.39 is 7.23 Å². The third-order valence-electron chi connectivity index (χ3n) is 3.91. The summed E-state index contributed by atoms with van der Waals surface area (Å²) in [6.07, 6.45) is 8.30. The molecule has 0 rings (SSSR count). The lowest BCUT2D eigenvalue weighted by Crippen LogP contribution is -2.17. The lowest BCUT2D eigenvalue weighted by Gasteiger charge is -2.23. The van der Waals surface area contributed by atoms with Crippen LogP contribution in [-0.4, -0.2) is 9.64 Å². The van der Waals surface area contributed by atoms with Crippen molar-refractivity contribution in [3.8, 4) is 0 Å². The Bertz CT molecular complexity index is 289. The van der Waals surface area contributed by atoms with E-state index in [2.05, 4.69) is 41.5 Å². The molecule has 1 N–H and O–H groups in total. The maximum atomic E-state index is 11.0. The average molecular weight is 321 g/mol. The molecule has 3 unspecified atom stereocenters. The van der Waals surface area contributed by atoms with Gasteiger partial charge in [-0.05, 0) is 42.1 Å². The lowest BCUT2D eigenvalue weighted by molar-refractivity contribution is 0.291. The van der Waals surface area contributed by atoms with Crippen molar-refractivity contribution in [3.63, 3.8) is 0 Å². The SMILES string of the molecule is CCC(C)(CCCCCC(C)CC(C)(C)C)S[P+](=O)O. The molecule has 0 saturated carbocycles. The second-order valence-corrected chi connectivity index (χ2v) is 10.7. The Labute approximate surface area is 131 Å². The van der Waals surface area contributed by atoms with Gasteiger partial charge < -0.3 is 0 Å². The smallest absolute Gasteiger partial charge is 0.151 e. The second kappa shape index (κ2) is 9.43. The first-order chi connectivity index (χ1) is 9.08. The molecule has 0 heterocycles. The summed E-state index contributed by atoms with van der Waals surface area (Å²) < 4.78 is 11.0. The zero-order valence-electron chi connectivity index (χ0n) is 14.2. The maximum Gasteiger partial charge on any atom is 0.583 e. The molecular weight excluding hydrogens is 287 g/mol. The molecule has 0 aromatic heterocycles. The summed E-state index contributed by atoms with van der Waals surface area (Å²) in [7, 11) is -2.08. The van der Waals surface area contributed by atoms with E-state index in [1.54, 1.807) is 0 Å². The van der Waals surface area contributed by atoms with Crippen LogP contribution in [0.25, 0.3) is 0 Å². The van der Waals surface area contributed by atoms with Crippen LogP contribution in [0.3, 0.4) is 0 Å². The van der Waals surface area contributed by atoms with Gasteiger partial charge in [0, 0.05) is 0 Å². The lowest BCUT2D eigenvalue weighted by atomic mass is 9.83. The van der Waals surface area contributed by atoms with Crippen molar-refractivity contribution in [1.82, 2.24) is 0 Å². The van der Waals surface area contributed by atoms with E-state index >= 15 is 0 Å². The van der Waals surface area contributed by atoms with Crippen LogP contribution >= 0.6 is 18.6 Å². The van der Waals surface area contributed by atoms with E-state index in [-0.39, 0.29) is 4.75 Å². The van der Waals surface area contributed by atoms with Crippen molar-refractivity contribution >= 4 is 18.6 Å². The van der Waals surface area contributed by atoms with E-state index in [1.807, 2.05) is 0 Å². The molecule has 0 aliphatic carbocycles. The van der Waals surface area contributed by atoms with Gasteiger partial charge in [-0.2, -0.15) is 4.89 Å². The van der Waals surface area contributed by atoms with Gasteiger partial charge in [-0.3, -0.25) is 0 Å². The predicted molar refractivity (Wildman–Crippen MR) is 92.4 cm³/mol. The van der Waals surface area contributed by atoms with E-state index in [0.29, 0.717) is 5.41 Å². The van der Waals surface area contributed by atoms with Crippen LogP contribution < -0.4 is 0 Å². The molecule has 0 aromatic carbocycles. The molecule has 4 heteroatoms. The Hall–Kier alpha value is 0.410. The summed E-state index contributed by atoms with van der Waals surface area (Å²) >= 11 is 1.24. The van der Waals surface area contributed by atoms with Crippen LogP contribution in [0.15, 0.2) is 0 Å². The van der Waals surface area contributed by atoms with Crippen LogP contribution in [0.2, 0.25) is 0 Å². The number of hydrogen-bond donors (Lipinski definition) is 1. The topological polar surface area (TPSA) is 37.3 Å². The standard InChI is InChI=1S/C16H33O2PS/c1-7-16(6,20-19(17)18)12-10-8-9-11-14(2)13-15(3,4)5/h14H,7-13H2,1-6H3/p+1. The minimum atomic E-state index is -2.08. The van der Waals surface area contributed by atoms with Gasteiger partial charge in [-0.15, -0.1) is 0 Å². The molecular formula is C16H34O2PS+. The zero-order chi connectivity index (χ0) is 15.8. The fourth-order valence-electron chi connectivity index (χ4n) is 2.79. The van der Waals surface area contributed by atoms with Crippen LogP contribution in [0.1, 0.15) is 86.5 Å². The quantitative estimate of drug-likeness (QED) is 0.365. The third-order valence-corrected chi connectivity index (χ3v) is 6.79. The highest BCUT2D eigenvalue weighted by Crippen LogP contribution is 2.48. The first-order valence-electron chi connectivity index (χ1n) is 7.93. The summed E-state index contributed by atoms with van der Waals surface area (Å²) in [6.45, 7) is 13.5. The Balaban J connectivity index is 3.82. The molecule has 0 spiro atoms. The Morgan fingerprint density at radius 1 is 1.15 bits per heavy atom.